The first-order valence-corrected chi connectivity index (χ1v) is 9.56. The highest BCUT2D eigenvalue weighted by Crippen LogP contribution is 2.33. The van der Waals surface area contributed by atoms with E-state index in [-0.39, 0.29) is 18.4 Å². The Morgan fingerprint density at radius 3 is 2.31 bits per heavy atom. The third kappa shape index (κ3) is 4.73. The molecule has 0 N–H and O–H groups in total. The van der Waals surface area contributed by atoms with E-state index in [2.05, 4.69) is 0 Å². The number of ether oxygens (including phenoxy) is 1. The second kappa shape index (κ2) is 9.00. The van der Waals surface area contributed by atoms with Gasteiger partial charge in [0.05, 0.1) is 0 Å². The Balaban J connectivity index is 1.76. The van der Waals surface area contributed by atoms with Crippen LogP contribution in [0.25, 0.3) is 0 Å². The maximum atomic E-state index is 12.6. The van der Waals surface area contributed by atoms with Crippen LogP contribution in [0.2, 0.25) is 5.02 Å². The first-order valence-electron chi connectivity index (χ1n) is 9.18. The van der Waals surface area contributed by atoms with Gasteiger partial charge in [-0.15, -0.1) is 0 Å². The van der Waals surface area contributed by atoms with Crippen LogP contribution in [0.5, 0.6) is 0 Å². The summed E-state index contributed by atoms with van der Waals surface area (Å²) in [5.41, 5.74) is 1.80. The zero-order chi connectivity index (χ0) is 18.4. The fourth-order valence-electron chi connectivity index (χ4n) is 3.52. The minimum Gasteiger partial charge on any atom is -0.457 e. The van der Waals surface area contributed by atoms with Crippen LogP contribution in [0.15, 0.2) is 54.6 Å². The maximum Gasteiger partial charge on any atom is 0.374 e. The van der Waals surface area contributed by atoms with E-state index in [0.717, 1.165) is 36.8 Å². The molecule has 2 aromatic rings. The minimum atomic E-state index is -0.718. The fraction of sp³-hybridized carbons (Fsp3) is 0.364. The van der Waals surface area contributed by atoms with Gasteiger partial charge < -0.3 is 4.74 Å². The highest BCUT2D eigenvalue weighted by molar-refractivity contribution is 6.34. The normalized spacial score (nSPS) is 16.0. The average molecular weight is 371 g/mol. The minimum absolute atomic E-state index is 0.0549. The summed E-state index contributed by atoms with van der Waals surface area (Å²) >= 11 is 6.36. The van der Waals surface area contributed by atoms with E-state index >= 15 is 0 Å². The van der Waals surface area contributed by atoms with E-state index in [4.69, 9.17) is 16.3 Å². The van der Waals surface area contributed by atoms with Crippen molar-refractivity contribution < 1.29 is 14.3 Å². The predicted octanol–water partition coefficient (Wildman–Crippen LogP) is 5.31. The summed E-state index contributed by atoms with van der Waals surface area (Å²) in [5.74, 6) is -1.48. The average Bonchev–Trinajstić information content (AvgIpc) is 2.68. The van der Waals surface area contributed by atoms with Gasteiger partial charge in [0.25, 0.3) is 0 Å². The van der Waals surface area contributed by atoms with E-state index in [1.807, 2.05) is 48.5 Å². The molecule has 0 bridgehead atoms. The molecule has 1 atom stereocenters. The first kappa shape index (κ1) is 18.7. The molecule has 1 aliphatic carbocycles. The molecule has 4 heteroatoms. The lowest BCUT2D eigenvalue weighted by atomic mass is 9.87. The van der Waals surface area contributed by atoms with Gasteiger partial charge in [0.2, 0.25) is 5.78 Å². The molecule has 2 aromatic carbocycles. The number of ketones is 1. The van der Waals surface area contributed by atoms with Gasteiger partial charge in [0.15, 0.2) is 0 Å². The van der Waals surface area contributed by atoms with Crippen molar-refractivity contribution in [1.29, 1.82) is 0 Å². The van der Waals surface area contributed by atoms with Crippen LogP contribution in [-0.2, 0) is 14.3 Å². The molecule has 0 aliphatic heterocycles. The number of esters is 1. The van der Waals surface area contributed by atoms with E-state index in [9.17, 15) is 9.59 Å². The van der Waals surface area contributed by atoms with Gasteiger partial charge in [-0.1, -0.05) is 66.6 Å². The van der Waals surface area contributed by atoms with Crippen molar-refractivity contribution in [2.24, 2.45) is 0 Å². The van der Waals surface area contributed by atoms with Gasteiger partial charge >= 0.3 is 5.97 Å². The molecule has 26 heavy (non-hydrogen) atoms. The summed E-state index contributed by atoms with van der Waals surface area (Å²) in [5, 5.41) is 0.592. The number of halogens is 1. The summed E-state index contributed by atoms with van der Waals surface area (Å²) in [6.07, 6.45) is 4.92. The Labute approximate surface area is 159 Å². The summed E-state index contributed by atoms with van der Waals surface area (Å²) in [4.78, 5) is 24.9. The molecule has 3 nitrogen and oxygen atoms in total. The fourth-order valence-corrected chi connectivity index (χ4v) is 3.79. The summed E-state index contributed by atoms with van der Waals surface area (Å²) < 4.78 is 5.43. The van der Waals surface area contributed by atoms with E-state index in [1.54, 1.807) is 6.07 Å². The number of rotatable bonds is 6. The lowest BCUT2D eigenvalue weighted by Crippen LogP contribution is -2.27. The van der Waals surface area contributed by atoms with Crippen molar-refractivity contribution >= 4 is 23.4 Å². The molecule has 1 saturated carbocycles. The molecule has 0 heterocycles. The predicted molar refractivity (Wildman–Crippen MR) is 102 cm³/mol. The van der Waals surface area contributed by atoms with E-state index < -0.39 is 11.8 Å². The van der Waals surface area contributed by atoms with Gasteiger partial charge in [-0.3, -0.25) is 4.79 Å². The number of carbonyl (C=O) groups is 2. The van der Waals surface area contributed by atoms with Gasteiger partial charge in [0.1, 0.15) is 6.10 Å². The van der Waals surface area contributed by atoms with Crippen LogP contribution in [-0.4, -0.2) is 17.9 Å². The van der Waals surface area contributed by atoms with Crippen LogP contribution >= 0.6 is 11.6 Å². The molecule has 136 valence electrons. The lowest BCUT2D eigenvalue weighted by molar-refractivity contribution is -0.159. The molecular weight excluding hydrogens is 348 g/mol. The van der Waals surface area contributed by atoms with Gasteiger partial charge in [0, 0.05) is 17.4 Å². The van der Waals surface area contributed by atoms with Gasteiger partial charge in [-0.25, -0.2) is 4.79 Å². The Kier molecular flexibility index (Phi) is 6.45. The number of hydrogen-bond donors (Lipinski definition) is 0. The quantitative estimate of drug-likeness (QED) is 0.511. The highest BCUT2D eigenvalue weighted by Gasteiger charge is 2.27. The summed E-state index contributed by atoms with van der Waals surface area (Å²) in [6.45, 7) is 0. The van der Waals surface area contributed by atoms with Gasteiger partial charge in [-0.2, -0.15) is 0 Å². The summed E-state index contributed by atoms with van der Waals surface area (Å²) in [7, 11) is 0. The van der Waals surface area contributed by atoms with Crippen molar-refractivity contribution in [2.45, 2.75) is 50.5 Å². The molecule has 0 saturated heterocycles. The molecule has 1 unspecified atom stereocenters. The number of carbonyl (C=O) groups excluding carboxylic acids is 2. The highest BCUT2D eigenvalue weighted by atomic mass is 35.5. The maximum absolute atomic E-state index is 12.6. The number of Topliss-reactive ketones (excluding diaryl/α,β-unsaturated/α-hetero) is 1. The van der Waals surface area contributed by atoms with Crippen molar-refractivity contribution in [2.75, 3.05) is 0 Å². The topological polar surface area (TPSA) is 43.4 Å². The van der Waals surface area contributed by atoms with Crippen LogP contribution in [0, 0.1) is 0 Å². The zero-order valence-corrected chi connectivity index (χ0v) is 15.5. The number of hydrogen-bond acceptors (Lipinski definition) is 3. The standard InChI is InChI=1S/C22H23ClO3/c23-20-14-8-7-13-18(20)19(16-9-3-1-4-10-16)15-21(24)22(25)26-17-11-5-2-6-12-17/h1,3-4,7-10,13-14,17,19H,2,5-6,11-12,15H2. The molecule has 0 aromatic heterocycles. The van der Waals surface area contributed by atoms with Crippen LogP contribution in [0.4, 0.5) is 0 Å². The Bertz CT molecular complexity index is 751. The Morgan fingerprint density at radius 2 is 1.62 bits per heavy atom. The SMILES string of the molecule is O=C(CC(c1ccccc1)c1ccccc1Cl)C(=O)OC1CCCCC1. The monoisotopic (exact) mass is 370 g/mol. The molecule has 0 amide bonds. The molecular formula is C22H23ClO3. The molecule has 0 radical (unpaired) electrons. The molecule has 0 spiro atoms. The van der Waals surface area contributed by atoms with E-state index in [0.29, 0.717) is 5.02 Å². The Hall–Kier alpha value is -2.13. The van der Waals surface area contributed by atoms with Crippen LogP contribution in [0.1, 0.15) is 55.6 Å². The first-order chi connectivity index (χ1) is 12.6. The van der Waals surface area contributed by atoms with Crippen LogP contribution in [0.3, 0.4) is 0 Å². The zero-order valence-electron chi connectivity index (χ0n) is 14.7. The van der Waals surface area contributed by atoms with Crippen molar-refractivity contribution in [3.63, 3.8) is 0 Å². The van der Waals surface area contributed by atoms with Crippen molar-refractivity contribution in [3.05, 3.63) is 70.7 Å². The Morgan fingerprint density at radius 1 is 0.962 bits per heavy atom. The second-order valence-corrected chi connectivity index (χ2v) is 7.18. The molecule has 1 aliphatic rings. The van der Waals surface area contributed by atoms with Crippen molar-refractivity contribution in [1.82, 2.24) is 0 Å². The second-order valence-electron chi connectivity index (χ2n) is 6.78. The third-order valence-corrected chi connectivity index (χ3v) is 5.27. The smallest absolute Gasteiger partial charge is 0.374 e. The van der Waals surface area contributed by atoms with E-state index in [1.165, 1.54) is 6.42 Å². The van der Waals surface area contributed by atoms with Crippen LogP contribution < -0.4 is 0 Å². The molecule has 1 fully saturated rings. The summed E-state index contributed by atoms with van der Waals surface area (Å²) in [6, 6.07) is 17.1. The molecule has 3 rings (SSSR count). The van der Waals surface area contributed by atoms with Crippen molar-refractivity contribution in [3.8, 4) is 0 Å². The third-order valence-electron chi connectivity index (χ3n) is 4.93. The lowest BCUT2D eigenvalue weighted by Gasteiger charge is -2.22. The number of benzene rings is 2. The largest absolute Gasteiger partial charge is 0.457 e. The van der Waals surface area contributed by atoms with Gasteiger partial charge in [-0.05, 0) is 42.9 Å².